The van der Waals surface area contributed by atoms with Crippen LogP contribution in [0.5, 0.6) is 0 Å². The molecule has 31 heavy (non-hydrogen) atoms. The highest BCUT2D eigenvalue weighted by molar-refractivity contribution is 8.00. The predicted molar refractivity (Wildman–Crippen MR) is 126 cm³/mol. The van der Waals surface area contributed by atoms with Crippen molar-refractivity contribution in [3.63, 3.8) is 0 Å². The maximum Gasteiger partial charge on any atom is 0.243 e. The van der Waals surface area contributed by atoms with Gasteiger partial charge in [-0.3, -0.25) is 14.2 Å². The molecule has 2 amide bonds. The molecule has 0 aliphatic carbocycles. The lowest BCUT2D eigenvalue weighted by Gasteiger charge is -2.21. The van der Waals surface area contributed by atoms with Crippen LogP contribution in [0.3, 0.4) is 0 Å². The Morgan fingerprint density at radius 2 is 2.00 bits per heavy atom. The van der Waals surface area contributed by atoms with Crippen LogP contribution >= 0.6 is 23.4 Å². The molecule has 0 fully saturated rings. The smallest absolute Gasteiger partial charge is 0.243 e. The number of para-hydroxylation sites is 1. The van der Waals surface area contributed by atoms with Crippen LogP contribution in [0.2, 0.25) is 5.02 Å². The summed E-state index contributed by atoms with van der Waals surface area (Å²) < 4.78 is 1.88. The molecular formula is C23H25ClN4O2S. The molecule has 6 nitrogen and oxygen atoms in total. The highest BCUT2D eigenvalue weighted by atomic mass is 35.5. The number of anilines is 1. The molecule has 0 radical (unpaired) electrons. The van der Waals surface area contributed by atoms with Gasteiger partial charge in [-0.2, -0.15) is 0 Å². The summed E-state index contributed by atoms with van der Waals surface area (Å²) in [5.74, 6) is -0.376. The average molecular weight is 457 g/mol. The molecule has 0 aliphatic rings. The highest BCUT2D eigenvalue weighted by Gasteiger charge is 2.23. The number of hydrogen-bond acceptors (Lipinski definition) is 4. The number of thioether (sulfide) groups is 1. The first-order valence-electron chi connectivity index (χ1n) is 9.97. The van der Waals surface area contributed by atoms with Crippen LogP contribution in [0.1, 0.15) is 19.4 Å². The molecule has 2 aromatic carbocycles. The molecule has 8 heteroatoms. The second kappa shape index (κ2) is 10.5. The van der Waals surface area contributed by atoms with Crippen molar-refractivity contribution in [3.05, 3.63) is 71.5 Å². The molecule has 3 rings (SSSR count). The number of aryl methyl sites for hydroxylation is 1. The van der Waals surface area contributed by atoms with Gasteiger partial charge in [-0.15, -0.1) is 0 Å². The zero-order valence-corrected chi connectivity index (χ0v) is 19.3. The minimum Gasteiger partial charge on any atom is -0.335 e. The molecule has 0 bridgehead atoms. The van der Waals surface area contributed by atoms with Crippen LogP contribution < -0.4 is 5.32 Å². The van der Waals surface area contributed by atoms with E-state index >= 15 is 0 Å². The van der Waals surface area contributed by atoms with Crippen LogP contribution in [-0.2, 0) is 16.0 Å². The molecule has 0 saturated carbocycles. The second-order valence-electron chi connectivity index (χ2n) is 7.07. The van der Waals surface area contributed by atoms with Gasteiger partial charge in [0.2, 0.25) is 11.8 Å². The van der Waals surface area contributed by atoms with E-state index in [9.17, 15) is 9.59 Å². The first-order valence-corrected chi connectivity index (χ1v) is 11.2. The SMILES string of the molecule is CCc1ccccc1NC(=O)CN(C)C(=O)[C@@H](C)Sc1nccn1-c1cccc(Cl)c1. The molecule has 162 valence electrons. The summed E-state index contributed by atoms with van der Waals surface area (Å²) in [6, 6.07) is 15.1. The predicted octanol–water partition coefficient (Wildman–Crippen LogP) is 4.67. The van der Waals surface area contributed by atoms with Gasteiger partial charge in [0, 0.05) is 35.8 Å². The van der Waals surface area contributed by atoms with Gasteiger partial charge in [0.1, 0.15) is 0 Å². The van der Waals surface area contributed by atoms with E-state index in [0.717, 1.165) is 23.4 Å². The zero-order valence-electron chi connectivity index (χ0n) is 17.7. The molecule has 1 atom stereocenters. The van der Waals surface area contributed by atoms with Crippen molar-refractivity contribution in [2.45, 2.75) is 30.7 Å². The minimum absolute atomic E-state index is 0.0233. The lowest BCUT2D eigenvalue weighted by Crippen LogP contribution is -2.39. The van der Waals surface area contributed by atoms with Crippen molar-refractivity contribution in [2.75, 3.05) is 18.9 Å². The van der Waals surface area contributed by atoms with Gasteiger partial charge in [-0.05, 0) is 43.2 Å². The lowest BCUT2D eigenvalue weighted by molar-refractivity contribution is -0.132. The van der Waals surface area contributed by atoms with Gasteiger partial charge in [0.05, 0.1) is 11.8 Å². The number of carbonyl (C=O) groups is 2. The van der Waals surface area contributed by atoms with Gasteiger partial charge in [-0.25, -0.2) is 4.98 Å². The Kier molecular flexibility index (Phi) is 7.76. The highest BCUT2D eigenvalue weighted by Crippen LogP contribution is 2.26. The molecule has 0 spiro atoms. The third-order valence-corrected chi connectivity index (χ3v) is 6.06. The quantitative estimate of drug-likeness (QED) is 0.500. The van der Waals surface area contributed by atoms with Gasteiger partial charge in [-0.1, -0.05) is 54.6 Å². The number of carbonyl (C=O) groups excluding carboxylic acids is 2. The van der Waals surface area contributed by atoms with E-state index < -0.39 is 5.25 Å². The Hall–Kier alpha value is -2.77. The first kappa shape index (κ1) is 22.9. The van der Waals surface area contributed by atoms with E-state index in [-0.39, 0.29) is 18.4 Å². The number of nitrogens with one attached hydrogen (secondary N) is 1. The molecule has 1 aromatic heterocycles. The van der Waals surface area contributed by atoms with Gasteiger partial charge < -0.3 is 10.2 Å². The van der Waals surface area contributed by atoms with Crippen molar-refractivity contribution in [1.82, 2.24) is 14.5 Å². The van der Waals surface area contributed by atoms with Crippen molar-refractivity contribution in [1.29, 1.82) is 0 Å². The summed E-state index contributed by atoms with van der Waals surface area (Å²) in [5, 5.41) is 3.79. The molecule has 0 aliphatic heterocycles. The Labute approximate surface area is 191 Å². The number of halogens is 1. The molecule has 3 aromatic rings. The van der Waals surface area contributed by atoms with E-state index in [4.69, 9.17) is 11.6 Å². The topological polar surface area (TPSA) is 67.2 Å². The fraction of sp³-hybridized carbons (Fsp3) is 0.261. The number of aromatic nitrogens is 2. The monoisotopic (exact) mass is 456 g/mol. The molecule has 1 N–H and O–H groups in total. The maximum atomic E-state index is 12.8. The number of benzene rings is 2. The number of rotatable bonds is 8. The van der Waals surface area contributed by atoms with Crippen LogP contribution in [0.25, 0.3) is 5.69 Å². The first-order chi connectivity index (χ1) is 14.9. The van der Waals surface area contributed by atoms with Gasteiger partial charge in [0.25, 0.3) is 0 Å². The number of amides is 2. The van der Waals surface area contributed by atoms with E-state index in [2.05, 4.69) is 10.3 Å². The molecule has 1 heterocycles. The number of likely N-dealkylation sites (N-methyl/N-ethyl adjacent to an activating group) is 1. The number of imidazole rings is 1. The molecule has 0 unspecified atom stereocenters. The fourth-order valence-corrected chi connectivity index (χ4v) is 4.33. The Balaban J connectivity index is 1.61. The van der Waals surface area contributed by atoms with Crippen molar-refractivity contribution in [2.24, 2.45) is 0 Å². The third-order valence-electron chi connectivity index (χ3n) is 4.75. The Morgan fingerprint density at radius 1 is 1.23 bits per heavy atom. The zero-order chi connectivity index (χ0) is 22.4. The van der Waals surface area contributed by atoms with Crippen LogP contribution in [-0.4, -0.2) is 45.1 Å². The number of hydrogen-bond donors (Lipinski definition) is 1. The molecular weight excluding hydrogens is 432 g/mol. The number of nitrogens with zero attached hydrogens (tertiary/aromatic N) is 3. The van der Waals surface area contributed by atoms with E-state index in [1.807, 2.05) is 67.1 Å². The summed E-state index contributed by atoms with van der Waals surface area (Å²) in [6.07, 6.45) is 4.33. The lowest BCUT2D eigenvalue weighted by atomic mass is 10.1. The third kappa shape index (κ3) is 5.89. The summed E-state index contributed by atoms with van der Waals surface area (Å²) in [6.45, 7) is 3.82. The van der Waals surface area contributed by atoms with Crippen molar-refractivity contribution < 1.29 is 9.59 Å². The largest absolute Gasteiger partial charge is 0.335 e. The second-order valence-corrected chi connectivity index (χ2v) is 8.82. The van der Waals surface area contributed by atoms with Crippen LogP contribution in [0, 0.1) is 0 Å². The summed E-state index contributed by atoms with van der Waals surface area (Å²) in [5.41, 5.74) is 2.71. The Morgan fingerprint density at radius 3 is 2.74 bits per heavy atom. The van der Waals surface area contributed by atoms with E-state index in [0.29, 0.717) is 10.2 Å². The fourth-order valence-electron chi connectivity index (χ4n) is 3.15. The minimum atomic E-state index is -0.416. The average Bonchev–Trinajstić information content (AvgIpc) is 3.21. The molecule has 0 saturated heterocycles. The standard InChI is InChI=1S/C23H25ClN4O2S/c1-4-17-8-5-6-11-20(17)26-21(29)15-27(3)22(30)16(2)31-23-25-12-13-28(23)19-10-7-9-18(24)14-19/h5-14,16H,4,15H2,1-3H3,(H,26,29)/t16-/m1/s1. The summed E-state index contributed by atoms with van der Waals surface area (Å²) in [7, 11) is 1.63. The Bertz CT molecular complexity index is 1070. The van der Waals surface area contributed by atoms with E-state index in [1.165, 1.54) is 16.7 Å². The van der Waals surface area contributed by atoms with Crippen LogP contribution in [0.4, 0.5) is 5.69 Å². The normalized spacial score (nSPS) is 11.7. The van der Waals surface area contributed by atoms with Crippen LogP contribution in [0.15, 0.2) is 66.1 Å². The van der Waals surface area contributed by atoms with Gasteiger partial charge in [0.15, 0.2) is 5.16 Å². The maximum absolute atomic E-state index is 12.8. The van der Waals surface area contributed by atoms with Crippen molar-refractivity contribution in [3.8, 4) is 5.69 Å². The summed E-state index contributed by atoms with van der Waals surface area (Å²) in [4.78, 5) is 31.1. The van der Waals surface area contributed by atoms with E-state index in [1.54, 1.807) is 19.3 Å². The summed E-state index contributed by atoms with van der Waals surface area (Å²) >= 11 is 7.44. The van der Waals surface area contributed by atoms with Gasteiger partial charge >= 0.3 is 0 Å². The van der Waals surface area contributed by atoms with Crippen molar-refractivity contribution >= 4 is 40.9 Å².